The van der Waals surface area contributed by atoms with E-state index < -0.39 is 4.92 Å². The van der Waals surface area contributed by atoms with Gasteiger partial charge < -0.3 is 10.6 Å². The Kier molecular flexibility index (Phi) is 4.43. The smallest absolute Gasteiger partial charge is 0.311 e. The summed E-state index contributed by atoms with van der Waals surface area (Å²) < 4.78 is 0. The molecule has 0 atom stereocenters. The van der Waals surface area contributed by atoms with Gasteiger partial charge in [0.05, 0.1) is 17.4 Å². The maximum absolute atomic E-state index is 10.6. The van der Waals surface area contributed by atoms with Crippen LogP contribution < -0.4 is 10.6 Å². The summed E-state index contributed by atoms with van der Waals surface area (Å²) in [7, 11) is 0. The molecule has 1 rings (SSSR count). The third kappa shape index (κ3) is 3.07. The first-order chi connectivity index (χ1) is 8.47. The minimum absolute atomic E-state index is 0.111. The zero-order valence-electron chi connectivity index (χ0n) is 10.3. The number of hydrogen-bond donors (Lipinski definition) is 1. The van der Waals surface area contributed by atoms with Crippen LogP contribution in [0.25, 0.3) is 0 Å². The topological polar surface area (TPSA) is 109 Å². The van der Waals surface area contributed by atoms with Crippen molar-refractivity contribution in [2.45, 2.75) is 26.3 Å². The average Bonchev–Trinajstić information content (AvgIpc) is 2.28. The monoisotopic (exact) mass is 249 g/mol. The van der Waals surface area contributed by atoms with Gasteiger partial charge in [0.25, 0.3) is 0 Å². The van der Waals surface area contributed by atoms with Crippen LogP contribution in [0.1, 0.15) is 20.3 Å². The number of nitrogens with two attached hydrogens (primary N) is 1. The van der Waals surface area contributed by atoms with E-state index in [1.54, 1.807) is 6.07 Å². The molecule has 0 unspecified atom stereocenters. The van der Waals surface area contributed by atoms with Gasteiger partial charge in [0.2, 0.25) is 5.82 Å². The summed E-state index contributed by atoms with van der Waals surface area (Å²) in [6.45, 7) is 4.42. The molecular formula is C11H15N5O2. The second-order valence-electron chi connectivity index (χ2n) is 4.03. The SMILES string of the molecule is CC(C)N(CCC#N)c1ccc([N+](=O)[O-])c(N)n1. The van der Waals surface area contributed by atoms with E-state index in [0.717, 1.165) is 0 Å². The molecule has 0 saturated carbocycles. The van der Waals surface area contributed by atoms with Crippen LogP contribution in [0.2, 0.25) is 0 Å². The van der Waals surface area contributed by atoms with Crippen LogP contribution in [-0.2, 0) is 0 Å². The second-order valence-corrected chi connectivity index (χ2v) is 4.03. The van der Waals surface area contributed by atoms with Gasteiger partial charge in [-0.25, -0.2) is 4.98 Å². The summed E-state index contributed by atoms with van der Waals surface area (Å²) in [5.41, 5.74) is 5.34. The van der Waals surface area contributed by atoms with Gasteiger partial charge in [0.15, 0.2) is 0 Å². The highest BCUT2D eigenvalue weighted by Crippen LogP contribution is 2.24. The molecule has 0 aliphatic carbocycles. The number of anilines is 2. The molecule has 0 amide bonds. The van der Waals surface area contributed by atoms with Crippen molar-refractivity contribution in [3.8, 4) is 6.07 Å². The Balaban J connectivity index is 3.03. The van der Waals surface area contributed by atoms with Gasteiger partial charge in [-0.1, -0.05) is 0 Å². The van der Waals surface area contributed by atoms with Gasteiger partial charge in [0, 0.05) is 18.7 Å². The molecule has 96 valence electrons. The van der Waals surface area contributed by atoms with Crippen molar-refractivity contribution >= 4 is 17.3 Å². The summed E-state index contributed by atoms with van der Waals surface area (Å²) in [5, 5.41) is 19.2. The van der Waals surface area contributed by atoms with Gasteiger partial charge >= 0.3 is 5.69 Å². The van der Waals surface area contributed by atoms with Crippen LogP contribution in [0.3, 0.4) is 0 Å². The molecule has 0 aliphatic rings. The highest BCUT2D eigenvalue weighted by Gasteiger charge is 2.17. The molecule has 0 aromatic carbocycles. The van der Waals surface area contributed by atoms with Gasteiger partial charge in [-0.3, -0.25) is 10.1 Å². The summed E-state index contributed by atoms with van der Waals surface area (Å²) in [6.07, 6.45) is 0.358. The fourth-order valence-corrected chi connectivity index (χ4v) is 1.58. The molecule has 7 nitrogen and oxygen atoms in total. The fourth-order valence-electron chi connectivity index (χ4n) is 1.58. The number of nitro groups is 1. The first-order valence-corrected chi connectivity index (χ1v) is 5.52. The molecule has 1 aromatic heterocycles. The molecular weight excluding hydrogens is 234 g/mol. The Morgan fingerprint density at radius 1 is 1.61 bits per heavy atom. The van der Waals surface area contributed by atoms with Crippen molar-refractivity contribution < 1.29 is 4.92 Å². The Hall–Kier alpha value is -2.36. The van der Waals surface area contributed by atoms with E-state index in [9.17, 15) is 10.1 Å². The zero-order chi connectivity index (χ0) is 13.7. The Labute approximate surface area is 105 Å². The zero-order valence-corrected chi connectivity index (χ0v) is 10.3. The van der Waals surface area contributed by atoms with Crippen molar-refractivity contribution in [1.82, 2.24) is 4.98 Å². The van der Waals surface area contributed by atoms with Crippen LogP contribution in [0.5, 0.6) is 0 Å². The molecule has 0 saturated heterocycles. The average molecular weight is 249 g/mol. The second kappa shape index (κ2) is 5.82. The first kappa shape index (κ1) is 13.7. The molecule has 0 radical (unpaired) electrons. The van der Waals surface area contributed by atoms with Gasteiger partial charge in [-0.2, -0.15) is 5.26 Å². The first-order valence-electron chi connectivity index (χ1n) is 5.52. The molecule has 2 N–H and O–H groups in total. The normalized spacial score (nSPS) is 10.1. The number of hydrogen-bond acceptors (Lipinski definition) is 6. The Bertz CT molecular complexity index is 481. The predicted molar refractivity (Wildman–Crippen MR) is 68.0 cm³/mol. The molecule has 0 spiro atoms. The van der Waals surface area contributed by atoms with E-state index in [0.29, 0.717) is 18.8 Å². The van der Waals surface area contributed by atoms with E-state index in [-0.39, 0.29) is 17.5 Å². The molecule has 7 heteroatoms. The third-order valence-electron chi connectivity index (χ3n) is 2.47. The minimum Gasteiger partial charge on any atom is -0.378 e. The molecule has 0 aliphatic heterocycles. The fraction of sp³-hybridized carbons (Fsp3) is 0.455. The Morgan fingerprint density at radius 2 is 2.28 bits per heavy atom. The van der Waals surface area contributed by atoms with Gasteiger partial charge in [-0.15, -0.1) is 0 Å². The van der Waals surface area contributed by atoms with Crippen LogP contribution >= 0.6 is 0 Å². The van der Waals surface area contributed by atoms with E-state index in [4.69, 9.17) is 11.0 Å². The third-order valence-corrected chi connectivity index (χ3v) is 2.47. The largest absolute Gasteiger partial charge is 0.378 e. The maximum atomic E-state index is 10.6. The van der Waals surface area contributed by atoms with Crippen molar-refractivity contribution in [3.63, 3.8) is 0 Å². The number of rotatable bonds is 5. The number of aromatic nitrogens is 1. The summed E-state index contributed by atoms with van der Waals surface area (Å²) >= 11 is 0. The van der Waals surface area contributed by atoms with Crippen LogP contribution in [0.15, 0.2) is 12.1 Å². The number of nitrogen functional groups attached to an aromatic ring is 1. The quantitative estimate of drug-likeness (QED) is 0.628. The van der Waals surface area contributed by atoms with Gasteiger partial charge in [0.1, 0.15) is 5.82 Å². The highest BCUT2D eigenvalue weighted by atomic mass is 16.6. The standard InChI is InChI=1S/C11H15N5O2/c1-8(2)15(7-3-6-12)10-5-4-9(16(17)18)11(13)14-10/h4-5,8H,3,7H2,1-2H3,(H2,13,14). The van der Waals surface area contributed by atoms with E-state index >= 15 is 0 Å². The lowest BCUT2D eigenvalue weighted by Crippen LogP contribution is -2.32. The van der Waals surface area contributed by atoms with Crippen molar-refractivity contribution in [3.05, 3.63) is 22.2 Å². The lowest BCUT2D eigenvalue weighted by atomic mass is 10.2. The lowest BCUT2D eigenvalue weighted by molar-refractivity contribution is -0.384. The Morgan fingerprint density at radius 3 is 2.72 bits per heavy atom. The lowest BCUT2D eigenvalue weighted by Gasteiger charge is -2.26. The number of pyridine rings is 1. The molecule has 18 heavy (non-hydrogen) atoms. The van der Waals surface area contributed by atoms with E-state index in [1.165, 1.54) is 6.07 Å². The molecule has 0 bridgehead atoms. The van der Waals surface area contributed by atoms with Crippen LogP contribution in [0.4, 0.5) is 17.3 Å². The summed E-state index contributed by atoms with van der Waals surface area (Å²) in [6, 6.07) is 5.07. The van der Waals surface area contributed by atoms with E-state index in [2.05, 4.69) is 11.1 Å². The van der Waals surface area contributed by atoms with E-state index in [1.807, 2.05) is 18.7 Å². The van der Waals surface area contributed by atoms with Crippen molar-refractivity contribution in [2.24, 2.45) is 0 Å². The van der Waals surface area contributed by atoms with Gasteiger partial charge in [-0.05, 0) is 19.9 Å². The summed E-state index contributed by atoms with van der Waals surface area (Å²) in [5.74, 6) is 0.434. The molecule has 0 fully saturated rings. The number of nitriles is 1. The highest BCUT2D eigenvalue weighted by molar-refractivity contribution is 5.58. The van der Waals surface area contributed by atoms with Crippen LogP contribution in [0, 0.1) is 21.4 Å². The summed E-state index contributed by atoms with van der Waals surface area (Å²) in [4.78, 5) is 16.0. The van der Waals surface area contributed by atoms with Crippen molar-refractivity contribution in [1.29, 1.82) is 5.26 Å². The number of nitrogens with zero attached hydrogens (tertiary/aromatic N) is 4. The maximum Gasteiger partial charge on any atom is 0.311 e. The van der Waals surface area contributed by atoms with Crippen molar-refractivity contribution in [2.75, 3.05) is 17.2 Å². The predicted octanol–water partition coefficient (Wildman–Crippen LogP) is 1.70. The van der Waals surface area contributed by atoms with Crippen LogP contribution in [-0.4, -0.2) is 22.5 Å². The molecule has 1 aromatic rings. The molecule has 1 heterocycles. The minimum atomic E-state index is -0.568.